The molecule has 9 heteroatoms. The van der Waals surface area contributed by atoms with E-state index in [-0.39, 0.29) is 41.9 Å². The smallest absolute Gasteiger partial charge is 0.387 e. The van der Waals surface area contributed by atoms with E-state index in [1.807, 2.05) is 30.3 Å². The molecule has 2 aromatic carbocycles. The number of hydrogen-bond acceptors (Lipinski definition) is 6. The Morgan fingerprint density at radius 1 is 1.19 bits per heavy atom. The molecule has 0 radical (unpaired) electrons. The van der Waals surface area contributed by atoms with Crippen LogP contribution in [0.4, 0.5) is 14.5 Å². The predicted octanol–water partition coefficient (Wildman–Crippen LogP) is 3.48. The molecule has 0 N–H and O–H groups in total. The summed E-state index contributed by atoms with van der Waals surface area (Å²) in [6.07, 6.45) is 0.190. The number of carbonyl (C=O) groups is 2. The Bertz CT molecular complexity index is 982. The van der Waals surface area contributed by atoms with Crippen molar-refractivity contribution in [3.63, 3.8) is 0 Å². The third-order valence-corrected chi connectivity index (χ3v) is 4.86. The number of alkyl halides is 2. The Hall–Kier alpha value is -3.49. The number of hydrazone groups is 1. The van der Waals surface area contributed by atoms with Gasteiger partial charge in [0, 0.05) is 20.0 Å². The molecule has 1 aliphatic heterocycles. The number of anilines is 1. The van der Waals surface area contributed by atoms with E-state index in [0.717, 1.165) is 5.69 Å². The van der Waals surface area contributed by atoms with Crippen LogP contribution >= 0.6 is 0 Å². The molecule has 0 fully saturated rings. The second-order valence-electron chi connectivity index (χ2n) is 7.08. The van der Waals surface area contributed by atoms with Crippen molar-refractivity contribution in [1.82, 2.24) is 4.90 Å². The van der Waals surface area contributed by atoms with Crippen molar-refractivity contribution in [1.29, 1.82) is 0 Å². The minimum absolute atomic E-state index is 0.0954. The number of amides is 1. The van der Waals surface area contributed by atoms with Gasteiger partial charge in [0.15, 0.2) is 17.3 Å². The molecule has 1 amide bonds. The number of nitrogens with zero attached hydrogens (tertiary/aromatic N) is 3. The van der Waals surface area contributed by atoms with Crippen LogP contribution in [-0.2, 0) is 16.1 Å². The van der Waals surface area contributed by atoms with Crippen molar-refractivity contribution >= 4 is 23.1 Å². The lowest BCUT2D eigenvalue weighted by Gasteiger charge is -2.20. The quantitative estimate of drug-likeness (QED) is 0.640. The minimum atomic E-state index is -3.00. The van der Waals surface area contributed by atoms with Crippen LogP contribution < -0.4 is 14.5 Å². The Labute approximate surface area is 178 Å². The van der Waals surface area contributed by atoms with Gasteiger partial charge in [0.2, 0.25) is 0 Å². The van der Waals surface area contributed by atoms with E-state index in [9.17, 15) is 18.4 Å². The first-order valence-corrected chi connectivity index (χ1v) is 9.59. The van der Waals surface area contributed by atoms with Crippen LogP contribution in [0.5, 0.6) is 11.5 Å². The van der Waals surface area contributed by atoms with Crippen LogP contribution in [0.15, 0.2) is 53.6 Å². The normalized spacial score (nSPS) is 15.6. The number of Topliss-reactive ketones (excluding diaryl/α,β-unsaturated/α-hetero) is 1. The number of benzene rings is 2. The zero-order valence-corrected chi connectivity index (χ0v) is 17.4. The van der Waals surface area contributed by atoms with Crippen LogP contribution in [0, 0.1) is 0 Å². The molecule has 1 unspecified atom stereocenters. The molecule has 0 aliphatic carbocycles. The predicted molar refractivity (Wildman–Crippen MR) is 112 cm³/mol. The van der Waals surface area contributed by atoms with E-state index < -0.39 is 12.7 Å². The van der Waals surface area contributed by atoms with Crippen molar-refractivity contribution in [2.75, 3.05) is 19.2 Å². The van der Waals surface area contributed by atoms with Crippen LogP contribution in [0.1, 0.15) is 18.9 Å². The number of methoxy groups -OCH3 is 1. The molecular formula is C22H23F2N3O4. The van der Waals surface area contributed by atoms with Crippen LogP contribution in [-0.4, -0.2) is 49.1 Å². The fourth-order valence-electron chi connectivity index (χ4n) is 3.35. The summed E-state index contributed by atoms with van der Waals surface area (Å²) in [5, 5.41) is 5.96. The summed E-state index contributed by atoms with van der Waals surface area (Å²) in [6, 6.07) is 13.2. The van der Waals surface area contributed by atoms with E-state index in [1.165, 1.54) is 31.1 Å². The van der Waals surface area contributed by atoms with Crippen LogP contribution in [0.25, 0.3) is 0 Å². The number of ether oxygens (including phenoxy) is 2. The van der Waals surface area contributed by atoms with Gasteiger partial charge in [0.1, 0.15) is 11.8 Å². The zero-order chi connectivity index (χ0) is 22.5. The highest BCUT2D eigenvalue weighted by atomic mass is 19.3. The molecule has 1 aliphatic rings. The highest BCUT2D eigenvalue weighted by Crippen LogP contribution is 2.30. The van der Waals surface area contributed by atoms with Gasteiger partial charge in [-0.2, -0.15) is 13.9 Å². The Kier molecular flexibility index (Phi) is 6.84. The first-order valence-electron chi connectivity index (χ1n) is 9.59. The van der Waals surface area contributed by atoms with Gasteiger partial charge in [-0.3, -0.25) is 14.6 Å². The number of ketones is 1. The van der Waals surface area contributed by atoms with E-state index in [0.29, 0.717) is 5.56 Å². The molecule has 0 bridgehead atoms. The van der Waals surface area contributed by atoms with E-state index in [1.54, 1.807) is 18.1 Å². The van der Waals surface area contributed by atoms with Crippen LogP contribution in [0.3, 0.4) is 0 Å². The SMILES string of the molecule is COc1ccc(CN(C)C(=O)C2=NN(c3ccccc3)C(C(C)=O)C2)cc1OC(F)F. The zero-order valence-electron chi connectivity index (χ0n) is 17.4. The largest absolute Gasteiger partial charge is 0.493 e. The maximum atomic E-state index is 13.0. The summed E-state index contributed by atoms with van der Waals surface area (Å²) in [5.41, 5.74) is 1.55. The molecule has 31 heavy (non-hydrogen) atoms. The monoisotopic (exact) mass is 431 g/mol. The standard InChI is InChI=1S/C22H23F2N3O4/c1-14(28)18-12-17(25-27(18)16-7-5-4-6-8-16)21(29)26(2)13-15-9-10-19(30-3)20(11-15)31-22(23)24/h4-11,18,22H,12-13H2,1-3H3. The Balaban J connectivity index is 1.77. The van der Waals surface area contributed by atoms with E-state index >= 15 is 0 Å². The summed E-state index contributed by atoms with van der Waals surface area (Å²) < 4.78 is 34.8. The van der Waals surface area contributed by atoms with Gasteiger partial charge in [0.25, 0.3) is 5.91 Å². The average Bonchev–Trinajstić information content (AvgIpc) is 3.19. The van der Waals surface area contributed by atoms with Gasteiger partial charge >= 0.3 is 6.61 Å². The molecule has 0 aromatic heterocycles. The van der Waals surface area contributed by atoms with Gasteiger partial charge in [0.05, 0.1) is 12.8 Å². The van der Waals surface area contributed by atoms with Crippen molar-refractivity contribution in [2.24, 2.45) is 5.10 Å². The van der Waals surface area contributed by atoms with Crippen molar-refractivity contribution in [3.8, 4) is 11.5 Å². The minimum Gasteiger partial charge on any atom is -0.493 e. The van der Waals surface area contributed by atoms with Gasteiger partial charge in [-0.15, -0.1) is 0 Å². The number of carbonyl (C=O) groups excluding carboxylic acids is 2. The number of halogens is 2. The lowest BCUT2D eigenvalue weighted by molar-refractivity contribution is -0.123. The molecule has 1 heterocycles. The summed E-state index contributed by atoms with van der Waals surface area (Å²) in [5.74, 6) is -0.388. The topological polar surface area (TPSA) is 71.4 Å². The van der Waals surface area contributed by atoms with Gasteiger partial charge in [-0.1, -0.05) is 24.3 Å². The van der Waals surface area contributed by atoms with Crippen molar-refractivity contribution in [3.05, 3.63) is 54.1 Å². The first kappa shape index (κ1) is 22.2. The average molecular weight is 431 g/mol. The third kappa shape index (κ3) is 5.17. The highest BCUT2D eigenvalue weighted by molar-refractivity contribution is 6.40. The molecule has 0 saturated carbocycles. The molecular weight excluding hydrogens is 408 g/mol. The van der Waals surface area contributed by atoms with E-state index in [4.69, 9.17) is 4.74 Å². The summed E-state index contributed by atoms with van der Waals surface area (Å²) in [7, 11) is 2.93. The van der Waals surface area contributed by atoms with Gasteiger partial charge in [-0.25, -0.2) is 0 Å². The van der Waals surface area contributed by atoms with Gasteiger partial charge < -0.3 is 14.4 Å². The van der Waals surface area contributed by atoms with E-state index in [2.05, 4.69) is 9.84 Å². The molecule has 3 rings (SSSR count). The maximum absolute atomic E-state index is 13.0. The summed E-state index contributed by atoms with van der Waals surface area (Å²) >= 11 is 0. The number of hydrogen-bond donors (Lipinski definition) is 0. The number of rotatable bonds is 8. The fourth-order valence-corrected chi connectivity index (χ4v) is 3.35. The van der Waals surface area contributed by atoms with Crippen molar-refractivity contribution < 1.29 is 27.8 Å². The summed E-state index contributed by atoms with van der Waals surface area (Å²) in [6.45, 7) is -1.39. The molecule has 2 aromatic rings. The molecule has 7 nitrogen and oxygen atoms in total. The molecule has 0 spiro atoms. The lowest BCUT2D eigenvalue weighted by Crippen LogP contribution is -2.35. The molecule has 1 atom stereocenters. The van der Waals surface area contributed by atoms with Crippen molar-refractivity contribution in [2.45, 2.75) is 32.5 Å². The lowest BCUT2D eigenvalue weighted by atomic mass is 10.1. The van der Waals surface area contributed by atoms with Crippen LogP contribution in [0.2, 0.25) is 0 Å². The fraction of sp³-hybridized carbons (Fsp3) is 0.318. The number of para-hydroxylation sites is 1. The molecule has 0 saturated heterocycles. The molecule has 164 valence electrons. The summed E-state index contributed by atoms with van der Waals surface area (Å²) in [4.78, 5) is 26.5. The Morgan fingerprint density at radius 3 is 2.52 bits per heavy atom. The first-order chi connectivity index (χ1) is 14.8. The second kappa shape index (κ2) is 9.55. The maximum Gasteiger partial charge on any atom is 0.387 e. The Morgan fingerprint density at radius 2 is 1.90 bits per heavy atom. The third-order valence-electron chi connectivity index (χ3n) is 4.86. The second-order valence-corrected chi connectivity index (χ2v) is 7.08. The van der Waals surface area contributed by atoms with Gasteiger partial charge in [-0.05, 0) is 36.8 Å². The highest BCUT2D eigenvalue weighted by Gasteiger charge is 2.35.